The van der Waals surface area contributed by atoms with Crippen LogP contribution in [0.15, 0.2) is 4.79 Å². The fourth-order valence-corrected chi connectivity index (χ4v) is 3.84. The monoisotopic (exact) mass is 263 g/mol. The Labute approximate surface area is 112 Å². The molecule has 104 valence electrons. The van der Waals surface area contributed by atoms with Crippen LogP contribution in [0.5, 0.6) is 0 Å². The molecule has 3 rings (SSSR count). The Morgan fingerprint density at radius 3 is 2.84 bits per heavy atom. The van der Waals surface area contributed by atoms with Gasteiger partial charge in [-0.2, -0.15) is 0 Å². The summed E-state index contributed by atoms with van der Waals surface area (Å²) in [5.74, 6) is 1.48. The third kappa shape index (κ3) is 2.33. The van der Waals surface area contributed by atoms with E-state index in [9.17, 15) is 9.59 Å². The number of rotatable bonds is 3. The molecule has 0 bridgehead atoms. The van der Waals surface area contributed by atoms with Gasteiger partial charge in [-0.05, 0) is 38.0 Å². The largest absolute Gasteiger partial charge is 0.353 e. The van der Waals surface area contributed by atoms with Crippen molar-refractivity contribution in [3.63, 3.8) is 0 Å². The van der Waals surface area contributed by atoms with Crippen molar-refractivity contribution in [2.24, 2.45) is 11.8 Å². The van der Waals surface area contributed by atoms with Gasteiger partial charge in [0.15, 0.2) is 0 Å². The van der Waals surface area contributed by atoms with Gasteiger partial charge in [-0.3, -0.25) is 14.7 Å². The second kappa shape index (κ2) is 4.87. The molecule has 1 aromatic rings. The SMILES string of the molecule is Cc1[nH][nH]c(=O)c1CC(=O)N[C@@H]1CC[C@H]2CCC[C@H]21. The molecule has 2 aliphatic carbocycles. The van der Waals surface area contributed by atoms with Gasteiger partial charge in [-0.25, -0.2) is 0 Å². The highest BCUT2D eigenvalue weighted by Gasteiger charge is 2.39. The molecule has 0 radical (unpaired) electrons. The zero-order chi connectivity index (χ0) is 13.4. The van der Waals surface area contributed by atoms with Gasteiger partial charge in [-0.15, -0.1) is 0 Å². The molecule has 0 unspecified atom stereocenters. The van der Waals surface area contributed by atoms with Crippen LogP contribution >= 0.6 is 0 Å². The molecule has 1 amide bonds. The molecule has 3 atom stereocenters. The molecule has 2 saturated carbocycles. The summed E-state index contributed by atoms with van der Waals surface area (Å²) in [5, 5.41) is 8.41. The van der Waals surface area contributed by atoms with E-state index in [2.05, 4.69) is 15.5 Å². The van der Waals surface area contributed by atoms with Crippen LogP contribution in [-0.2, 0) is 11.2 Å². The lowest BCUT2D eigenvalue weighted by Gasteiger charge is -2.19. The molecule has 5 nitrogen and oxygen atoms in total. The molecule has 0 aromatic carbocycles. The predicted octanol–water partition coefficient (Wildman–Crippen LogP) is 1.25. The molecule has 3 N–H and O–H groups in total. The summed E-state index contributed by atoms with van der Waals surface area (Å²) < 4.78 is 0. The van der Waals surface area contributed by atoms with Gasteiger partial charge in [-0.1, -0.05) is 12.8 Å². The molecule has 5 heteroatoms. The third-order valence-corrected chi connectivity index (χ3v) is 4.86. The Morgan fingerprint density at radius 1 is 1.26 bits per heavy atom. The van der Waals surface area contributed by atoms with Crippen LogP contribution in [0.2, 0.25) is 0 Å². The number of nitrogens with one attached hydrogen (secondary N) is 3. The number of aromatic nitrogens is 2. The molecule has 0 saturated heterocycles. The Kier molecular flexibility index (Phi) is 3.21. The molecule has 2 aliphatic rings. The first kappa shape index (κ1) is 12.5. The number of H-pyrrole nitrogens is 2. The lowest BCUT2D eigenvalue weighted by Crippen LogP contribution is -2.39. The van der Waals surface area contributed by atoms with E-state index < -0.39 is 0 Å². The molecular formula is C14H21N3O2. The van der Waals surface area contributed by atoms with Gasteiger partial charge in [0.1, 0.15) is 0 Å². The van der Waals surface area contributed by atoms with Crippen molar-refractivity contribution in [2.75, 3.05) is 0 Å². The lowest BCUT2D eigenvalue weighted by molar-refractivity contribution is -0.121. The molecule has 1 aromatic heterocycles. The average molecular weight is 263 g/mol. The number of fused-ring (bicyclic) bond motifs is 1. The topological polar surface area (TPSA) is 77.8 Å². The van der Waals surface area contributed by atoms with Crippen molar-refractivity contribution >= 4 is 5.91 Å². The van der Waals surface area contributed by atoms with Crippen LogP contribution in [0.25, 0.3) is 0 Å². The number of amides is 1. The first-order chi connectivity index (χ1) is 9.15. The Morgan fingerprint density at radius 2 is 2.11 bits per heavy atom. The second-order valence-electron chi connectivity index (χ2n) is 5.97. The van der Waals surface area contributed by atoms with Crippen molar-refractivity contribution < 1.29 is 4.79 Å². The standard InChI is InChI=1S/C14H21N3O2/c1-8-11(14(19)17-16-8)7-13(18)15-12-6-5-9-3-2-4-10(9)12/h9-10,12H,2-7H2,1H3,(H,15,18)(H2,16,17,19)/t9-,10-,12-/m1/s1. The van der Waals surface area contributed by atoms with Crippen LogP contribution in [0.1, 0.15) is 43.4 Å². The lowest BCUT2D eigenvalue weighted by atomic mass is 9.97. The molecule has 19 heavy (non-hydrogen) atoms. The minimum atomic E-state index is -0.183. The van der Waals surface area contributed by atoms with E-state index in [1.165, 1.54) is 25.7 Å². The van der Waals surface area contributed by atoms with Crippen LogP contribution in [0.3, 0.4) is 0 Å². The Balaban J connectivity index is 1.61. The number of aryl methyl sites for hydroxylation is 1. The van der Waals surface area contributed by atoms with Crippen LogP contribution < -0.4 is 10.9 Å². The summed E-state index contributed by atoms with van der Waals surface area (Å²) in [6.07, 6.45) is 6.41. The van der Waals surface area contributed by atoms with Gasteiger partial charge in [0, 0.05) is 17.3 Å². The van der Waals surface area contributed by atoms with Crippen LogP contribution in [-0.4, -0.2) is 22.1 Å². The normalized spacial score (nSPS) is 29.4. The smallest absolute Gasteiger partial charge is 0.267 e. The van der Waals surface area contributed by atoms with E-state index in [0.29, 0.717) is 17.5 Å². The summed E-state index contributed by atoms with van der Waals surface area (Å²) in [7, 11) is 0. The fourth-order valence-electron chi connectivity index (χ4n) is 3.84. The fraction of sp³-hybridized carbons (Fsp3) is 0.714. The first-order valence-corrected chi connectivity index (χ1v) is 7.20. The number of aromatic amines is 2. The number of carbonyl (C=O) groups excluding carboxylic acids is 1. The van der Waals surface area contributed by atoms with Crippen molar-refractivity contribution in [1.82, 2.24) is 15.5 Å². The maximum Gasteiger partial charge on any atom is 0.267 e. The predicted molar refractivity (Wildman–Crippen MR) is 71.9 cm³/mol. The van der Waals surface area contributed by atoms with Crippen LogP contribution in [0, 0.1) is 18.8 Å². The van der Waals surface area contributed by atoms with Gasteiger partial charge >= 0.3 is 0 Å². The third-order valence-electron chi connectivity index (χ3n) is 4.86. The number of carbonyl (C=O) groups is 1. The van der Waals surface area contributed by atoms with E-state index in [1.807, 2.05) is 6.92 Å². The summed E-state index contributed by atoms with van der Waals surface area (Å²) in [6, 6.07) is 0.332. The van der Waals surface area contributed by atoms with Crippen LogP contribution in [0.4, 0.5) is 0 Å². The zero-order valence-corrected chi connectivity index (χ0v) is 11.3. The highest BCUT2D eigenvalue weighted by molar-refractivity contribution is 5.79. The molecule has 0 aliphatic heterocycles. The van der Waals surface area contributed by atoms with Crippen molar-refractivity contribution in [3.05, 3.63) is 21.6 Å². The summed E-state index contributed by atoms with van der Waals surface area (Å²) >= 11 is 0. The summed E-state index contributed by atoms with van der Waals surface area (Å²) in [4.78, 5) is 23.6. The van der Waals surface area contributed by atoms with E-state index in [4.69, 9.17) is 0 Å². The highest BCUT2D eigenvalue weighted by atomic mass is 16.2. The first-order valence-electron chi connectivity index (χ1n) is 7.20. The minimum absolute atomic E-state index is 0.0225. The molecule has 2 fully saturated rings. The van der Waals surface area contributed by atoms with E-state index in [1.54, 1.807) is 0 Å². The Bertz CT molecular complexity index is 531. The summed E-state index contributed by atoms with van der Waals surface area (Å²) in [6.45, 7) is 1.81. The van der Waals surface area contributed by atoms with Gasteiger partial charge in [0.2, 0.25) is 5.91 Å². The quantitative estimate of drug-likeness (QED) is 0.767. The maximum atomic E-state index is 12.1. The zero-order valence-electron chi connectivity index (χ0n) is 11.3. The summed E-state index contributed by atoms with van der Waals surface area (Å²) in [5.41, 5.74) is 1.13. The van der Waals surface area contributed by atoms with E-state index >= 15 is 0 Å². The highest BCUT2D eigenvalue weighted by Crippen LogP contribution is 2.43. The van der Waals surface area contributed by atoms with Gasteiger partial charge in [0.05, 0.1) is 6.42 Å². The molecule has 0 spiro atoms. The minimum Gasteiger partial charge on any atom is -0.353 e. The average Bonchev–Trinajstić information content (AvgIpc) is 3.03. The Hall–Kier alpha value is -1.52. The van der Waals surface area contributed by atoms with Crippen molar-refractivity contribution in [3.8, 4) is 0 Å². The number of hydrogen-bond donors (Lipinski definition) is 3. The van der Waals surface area contributed by atoms with Gasteiger partial charge < -0.3 is 10.4 Å². The van der Waals surface area contributed by atoms with E-state index in [-0.39, 0.29) is 17.9 Å². The van der Waals surface area contributed by atoms with Crippen molar-refractivity contribution in [2.45, 2.75) is 51.5 Å². The van der Waals surface area contributed by atoms with Gasteiger partial charge in [0.25, 0.3) is 5.56 Å². The van der Waals surface area contributed by atoms with Crippen molar-refractivity contribution in [1.29, 1.82) is 0 Å². The maximum absolute atomic E-state index is 12.1. The second-order valence-corrected chi connectivity index (χ2v) is 5.97. The molecular weight excluding hydrogens is 242 g/mol. The number of hydrogen-bond acceptors (Lipinski definition) is 2. The van der Waals surface area contributed by atoms with E-state index in [0.717, 1.165) is 18.0 Å². The molecule has 1 heterocycles.